The molecule has 81 heavy (non-hydrogen) atoms. The lowest BCUT2D eigenvalue weighted by molar-refractivity contribution is 1.28. The highest BCUT2D eigenvalue weighted by atomic mass is 15.1. The van der Waals surface area contributed by atoms with Crippen molar-refractivity contribution in [2.45, 2.75) is 0 Å². The molecule has 14 rings (SSSR count). The first kappa shape index (κ1) is 48.5. The maximum atomic E-state index is 5.31. The molecule has 0 aliphatic heterocycles. The smallest absolute Gasteiger partial charge is 0.0973 e. The van der Waals surface area contributed by atoms with Crippen LogP contribution in [0.15, 0.2) is 309 Å². The van der Waals surface area contributed by atoms with E-state index in [2.05, 4.69) is 254 Å². The van der Waals surface area contributed by atoms with E-state index in [0.717, 1.165) is 123 Å². The number of hydrogen-bond donors (Lipinski definition) is 0. The van der Waals surface area contributed by atoms with Crippen LogP contribution >= 0.6 is 0 Å². The van der Waals surface area contributed by atoms with Crippen LogP contribution in [-0.2, 0) is 0 Å². The number of nitrogens with zero attached hydrogens (tertiary/aromatic N) is 5. The summed E-state index contributed by atoms with van der Waals surface area (Å²) in [6.45, 7) is 0. The lowest BCUT2D eigenvalue weighted by Crippen LogP contribution is -2.10. The zero-order chi connectivity index (χ0) is 53.9. The Morgan fingerprint density at radius 3 is 0.765 bits per heavy atom. The first-order valence-corrected chi connectivity index (χ1v) is 27.3. The summed E-state index contributed by atoms with van der Waals surface area (Å²) in [5, 5.41) is 0. The van der Waals surface area contributed by atoms with E-state index >= 15 is 0 Å². The van der Waals surface area contributed by atoms with Crippen molar-refractivity contribution in [3.8, 4) is 101 Å². The number of aromatic nitrogens is 4. The topological polar surface area (TPSA) is 54.8 Å². The molecule has 0 atom stereocenters. The summed E-state index contributed by atoms with van der Waals surface area (Å²) in [4.78, 5) is 23.5. The van der Waals surface area contributed by atoms with Gasteiger partial charge in [-0.3, -0.25) is 0 Å². The maximum Gasteiger partial charge on any atom is 0.0973 e. The van der Waals surface area contributed by atoms with Gasteiger partial charge in [0.1, 0.15) is 0 Å². The molecule has 0 amide bonds. The van der Waals surface area contributed by atoms with Crippen LogP contribution in [0.25, 0.3) is 123 Å². The van der Waals surface area contributed by atoms with Crippen molar-refractivity contribution >= 4 is 39.1 Å². The standard InChI is InChI=1S/C76H51N5/c1-4-18-52(19-5-1)55-36-40-58(41-37-55)73-75(79-71-34-12-10-32-69(71)77-73)64-28-14-24-60(48-64)62-26-16-30-67(50-62)81(66-46-44-57(45-47-66)54-22-8-3-9-23-54)68-31-17-27-63(51-68)61-25-15-29-65(49-61)76-74(78-70-33-11-13-35-72(70)80-76)59-42-38-56(39-43-59)53-20-6-2-7-21-53/h1-51H. The third-order valence-electron chi connectivity index (χ3n) is 15.1. The van der Waals surface area contributed by atoms with Gasteiger partial charge in [0.05, 0.1) is 44.8 Å². The Morgan fingerprint density at radius 1 is 0.160 bits per heavy atom. The highest BCUT2D eigenvalue weighted by Gasteiger charge is 2.19. The molecule has 0 aliphatic carbocycles. The average molecular weight is 1030 g/mol. The molecule has 0 bridgehead atoms. The highest BCUT2D eigenvalue weighted by Crippen LogP contribution is 2.42. The molecule has 0 N–H and O–H groups in total. The summed E-state index contributed by atoms with van der Waals surface area (Å²) in [5.74, 6) is 0. The molecule has 12 aromatic carbocycles. The molecular formula is C76H51N5. The summed E-state index contributed by atoms with van der Waals surface area (Å²) < 4.78 is 0. The second-order valence-corrected chi connectivity index (χ2v) is 20.2. The Labute approximate surface area is 471 Å². The predicted molar refractivity (Wildman–Crippen MR) is 336 cm³/mol. The van der Waals surface area contributed by atoms with E-state index in [-0.39, 0.29) is 0 Å². The minimum Gasteiger partial charge on any atom is -0.310 e. The molecule has 0 aliphatic rings. The molecule has 14 aromatic rings. The third-order valence-corrected chi connectivity index (χ3v) is 15.1. The molecule has 2 aromatic heterocycles. The lowest BCUT2D eigenvalue weighted by atomic mass is 9.96. The van der Waals surface area contributed by atoms with E-state index in [4.69, 9.17) is 19.9 Å². The van der Waals surface area contributed by atoms with Crippen LogP contribution in [0.5, 0.6) is 0 Å². The fraction of sp³-hybridized carbons (Fsp3) is 0. The number of rotatable bonds is 12. The summed E-state index contributed by atoms with van der Waals surface area (Å²) in [6, 6.07) is 109. The Hall–Kier alpha value is -10.9. The molecule has 5 heteroatoms. The fourth-order valence-corrected chi connectivity index (χ4v) is 10.9. The van der Waals surface area contributed by atoms with Crippen LogP contribution in [0.1, 0.15) is 0 Å². The fourth-order valence-electron chi connectivity index (χ4n) is 10.9. The molecule has 0 spiro atoms. The van der Waals surface area contributed by atoms with Gasteiger partial charge in [-0.1, -0.05) is 237 Å². The zero-order valence-corrected chi connectivity index (χ0v) is 44.2. The quantitative estimate of drug-likeness (QED) is 0.122. The van der Waals surface area contributed by atoms with Crippen LogP contribution in [0.4, 0.5) is 17.1 Å². The summed E-state index contributed by atoms with van der Waals surface area (Å²) in [6.07, 6.45) is 0. The second-order valence-electron chi connectivity index (χ2n) is 20.2. The number of anilines is 3. The third kappa shape index (κ3) is 9.93. The average Bonchev–Trinajstić information content (AvgIpc) is 3.62. The van der Waals surface area contributed by atoms with E-state index < -0.39 is 0 Å². The monoisotopic (exact) mass is 1030 g/mol. The SMILES string of the molecule is c1ccc(-c2ccc(-c3nc4ccccc4nc3-c3cccc(-c4cccc(N(c5ccc(-c6ccccc6)cc5)c5cccc(-c6cccc(-c7nc8ccccc8nc7-c7ccc(-c8ccccc8)cc7)c6)c5)c4)c3)cc2)cc1. The molecule has 5 nitrogen and oxygen atoms in total. The molecule has 2 heterocycles. The molecule has 0 fully saturated rings. The number of hydrogen-bond acceptors (Lipinski definition) is 5. The van der Waals surface area contributed by atoms with Gasteiger partial charge in [0.2, 0.25) is 0 Å². The van der Waals surface area contributed by atoms with Crippen molar-refractivity contribution < 1.29 is 0 Å². The highest BCUT2D eigenvalue weighted by molar-refractivity contribution is 5.91. The van der Waals surface area contributed by atoms with Crippen molar-refractivity contribution in [1.82, 2.24) is 19.9 Å². The number of benzene rings is 12. The van der Waals surface area contributed by atoms with Gasteiger partial charge in [0.25, 0.3) is 0 Å². The summed E-state index contributed by atoms with van der Waals surface area (Å²) in [5.41, 5.74) is 25.1. The molecule has 0 radical (unpaired) electrons. The van der Waals surface area contributed by atoms with Crippen molar-refractivity contribution in [1.29, 1.82) is 0 Å². The molecule has 380 valence electrons. The Balaban J connectivity index is 0.842. The normalized spacial score (nSPS) is 11.2. The van der Waals surface area contributed by atoms with Gasteiger partial charge in [-0.2, -0.15) is 0 Å². The minimum atomic E-state index is 0.835. The van der Waals surface area contributed by atoms with Crippen molar-refractivity contribution in [3.63, 3.8) is 0 Å². The van der Waals surface area contributed by atoms with Gasteiger partial charge in [-0.25, -0.2) is 19.9 Å². The second kappa shape index (κ2) is 21.5. The van der Waals surface area contributed by atoms with Crippen LogP contribution < -0.4 is 4.90 Å². The Kier molecular flexibility index (Phi) is 12.9. The number of para-hydroxylation sites is 4. The summed E-state index contributed by atoms with van der Waals surface area (Å²) in [7, 11) is 0. The maximum absolute atomic E-state index is 5.31. The van der Waals surface area contributed by atoms with Crippen LogP contribution in [-0.4, -0.2) is 19.9 Å². The van der Waals surface area contributed by atoms with Crippen molar-refractivity contribution in [2.75, 3.05) is 4.90 Å². The minimum absolute atomic E-state index is 0.835. The van der Waals surface area contributed by atoms with Gasteiger partial charge < -0.3 is 4.90 Å². The van der Waals surface area contributed by atoms with Crippen molar-refractivity contribution in [3.05, 3.63) is 309 Å². The van der Waals surface area contributed by atoms with Crippen LogP contribution in [0, 0.1) is 0 Å². The Morgan fingerprint density at radius 2 is 0.407 bits per heavy atom. The largest absolute Gasteiger partial charge is 0.310 e. The van der Waals surface area contributed by atoms with Gasteiger partial charge >= 0.3 is 0 Å². The molecule has 0 saturated carbocycles. The van der Waals surface area contributed by atoms with Crippen LogP contribution in [0.3, 0.4) is 0 Å². The van der Waals surface area contributed by atoms with Crippen molar-refractivity contribution in [2.24, 2.45) is 0 Å². The van der Waals surface area contributed by atoms with E-state index in [9.17, 15) is 0 Å². The van der Waals surface area contributed by atoms with Crippen LogP contribution in [0.2, 0.25) is 0 Å². The molecular weight excluding hydrogens is 983 g/mol. The van der Waals surface area contributed by atoms with E-state index in [0.29, 0.717) is 0 Å². The van der Waals surface area contributed by atoms with E-state index in [1.165, 1.54) is 16.7 Å². The van der Waals surface area contributed by atoms with Gasteiger partial charge in [0, 0.05) is 39.3 Å². The van der Waals surface area contributed by atoms with Gasteiger partial charge in [-0.05, 0) is 128 Å². The zero-order valence-electron chi connectivity index (χ0n) is 44.2. The first-order valence-electron chi connectivity index (χ1n) is 27.3. The lowest BCUT2D eigenvalue weighted by Gasteiger charge is -2.27. The van der Waals surface area contributed by atoms with Gasteiger partial charge in [-0.15, -0.1) is 0 Å². The first-order chi connectivity index (χ1) is 40.1. The summed E-state index contributed by atoms with van der Waals surface area (Å²) >= 11 is 0. The van der Waals surface area contributed by atoms with E-state index in [1.54, 1.807) is 0 Å². The molecule has 0 saturated heterocycles. The Bertz CT molecular complexity index is 4290. The predicted octanol–water partition coefficient (Wildman–Crippen LogP) is 20.0. The molecule has 0 unspecified atom stereocenters. The van der Waals surface area contributed by atoms with E-state index in [1.807, 2.05) is 60.7 Å². The van der Waals surface area contributed by atoms with Gasteiger partial charge in [0.15, 0.2) is 0 Å². The number of fused-ring (bicyclic) bond motifs is 2.